The molecule has 0 amide bonds. The maximum absolute atomic E-state index is 13.4. The van der Waals surface area contributed by atoms with Gasteiger partial charge in [-0.2, -0.15) is 15.3 Å². The molecule has 1 aromatic heterocycles. The van der Waals surface area contributed by atoms with Crippen molar-refractivity contribution in [1.82, 2.24) is 29.3 Å². The fraction of sp³-hybridized carbons (Fsp3) is 0.280. The van der Waals surface area contributed by atoms with Crippen molar-refractivity contribution in [2.45, 2.75) is 38.5 Å². The van der Waals surface area contributed by atoms with Gasteiger partial charge in [-0.15, -0.1) is 0 Å². The first-order chi connectivity index (χ1) is 16.2. The molecule has 33 heavy (non-hydrogen) atoms. The van der Waals surface area contributed by atoms with Crippen LogP contribution >= 0.6 is 0 Å². The lowest BCUT2D eigenvalue weighted by Gasteiger charge is -2.28. The molecule has 166 valence electrons. The van der Waals surface area contributed by atoms with Crippen LogP contribution in [0, 0.1) is 0 Å². The van der Waals surface area contributed by atoms with Crippen LogP contribution in [0.25, 0.3) is 28.0 Å². The predicted octanol–water partition coefficient (Wildman–Crippen LogP) is 3.67. The number of fused-ring (bicyclic) bond motifs is 3. The summed E-state index contributed by atoms with van der Waals surface area (Å²) in [6, 6.07) is 18.0. The maximum Gasteiger partial charge on any atom is 0.297 e. The molecule has 6 rings (SSSR count). The number of hydrogen-bond donors (Lipinski definition) is 0. The van der Waals surface area contributed by atoms with Crippen molar-refractivity contribution in [2.75, 3.05) is 6.61 Å². The molecule has 3 aliphatic heterocycles. The lowest BCUT2D eigenvalue weighted by atomic mass is 10.0. The van der Waals surface area contributed by atoms with Crippen LogP contribution in [0.15, 0.2) is 71.8 Å². The van der Waals surface area contributed by atoms with E-state index in [9.17, 15) is 4.79 Å². The third-order valence-electron chi connectivity index (χ3n) is 6.42. The summed E-state index contributed by atoms with van der Waals surface area (Å²) in [5.74, 6) is 0. The largest absolute Gasteiger partial charge is 0.376 e. The minimum Gasteiger partial charge on any atom is -0.376 e. The van der Waals surface area contributed by atoms with Crippen LogP contribution in [-0.4, -0.2) is 42.1 Å². The molecule has 3 aliphatic rings. The molecule has 4 heterocycles. The van der Waals surface area contributed by atoms with Crippen molar-refractivity contribution in [3.8, 4) is 17.1 Å². The Hall–Kier alpha value is -3.78. The molecule has 0 radical (unpaired) electrons. The van der Waals surface area contributed by atoms with Gasteiger partial charge in [0.25, 0.3) is 5.56 Å². The Labute approximate surface area is 190 Å². The molecule has 1 fully saturated rings. The topological polar surface area (TPSA) is 79.8 Å². The third-order valence-corrected chi connectivity index (χ3v) is 6.42. The van der Waals surface area contributed by atoms with Crippen molar-refractivity contribution in [3.63, 3.8) is 0 Å². The number of benzene rings is 2. The van der Waals surface area contributed by atoms with Gasteiger partial charge < -0.3 is 4.74 Å². The molecule has 2 aromatic carbocycles. The van der Waals surface area contributed by atoms with Crippen LogP contribution in [0.1, 0.15) is 31.4 Å². The molecule has 8 nitrogen and oxygen atoms in total. The molecule has 0 N–H and O–H groups in total. The number of ether oxygens (including phenoxy) is 1. The Morgan fingerprint density at radius 2 is 1.88 bits per heavy atom. The second-order valence-corrected chi connectivity index (χ2v) is 8.52. The number of aromatic nitrogens is 6. The first-order valence-electron chi connectivity index (χ1n) is 11.3. The smallest absolute Gasteiger partial charge is 0.297 e. The van der Waals surface area contributed by atoms with Crippen LogP contribution < -0.4 is 5.56 Å². The molecule has 0 bridgehead atoms. The van der Waals surface area contributed by atoms with E-state index >= 15 is 0 Å². The molecule has 2 atom stereocenters. The van der Waals surface area contributed by atoms with E-state index in [2.05, 4.69) is 17.2 Å². The number of rotatable bonds is 4. The van der Waals surface area contributed by atoms with E-state index in [1.165, 1.54) is 0 Å². The number of hydrogen-bond acceptors (Lipinski definition) is 5. The van der Waals surface area contributed by atoms with E-state index in [1.54, 1.807) is 10.9 Å². The summed E-state index contributed by atoms with van der Waals surface area (Å²) in [5.41, 5.74) is 3.92. The highest BCUT2D eigenvalue weighted by atomic mass is 16.5. The molecule has 0 spiro atoms. The summed E-state index contributed by atoms with van der Waals surface area (Å²) in [4.78, 5) is 13.4. The third kappa shape index (κ3) is 3.43. The molecule has 0 unspecified atom stereocenters. The molecule has 3 aromatic rings. The minimum absolute atomic E-state index is 0.0487. The lowest BCUT2D eigenvalue weighted by Crippen LogP contribution is -2.35. The van der Waals surface area contributed by atoms with Crippen LogP contribution in [0.2, 0.25) is 0 Å². The monoisotopic (exact) mass is 440 g/mol. The second kappa shape index (κ2) is 7.97. The highest BCUT2D eigenvalue weighted by Gasteiger charge is 2.30. The average molecular weight is 441 g/mol. The second-order valence-electron chi connectivity index (χ2n) is 8.52. The van der Waals surface area contributed by atoms with Crippen molar-refractivity contribution in [2.24, 2.45) is 0 Å². The zero-order valence-electron chi connectivity index (χ0n) is 18.3. The van der Waals surface area contributed by atoms with Crippen LogP contribution in [0.4, 0.5) is 0 Å². The van der Waals surface area contributed by atoms with Crippen molar-refractivity contribution in [1.29, 1.82) is 0 Å². The first-order valence-corrected chi connectivity index (χ1v) is 11.3. The first kappa shape index (κ1) is 19.9. The Balaban J connectivity index is 1.43. The van der Waals surface area contributed by atoms with Gasteiger partial charge in [-0.25, -0.2) is 9.36 Å². The quantitative estimate of drug-likeness (QED) is 0.426. The summed E-state index contributed by atoms with van der Waals surface area (Å²) < 4.78 is 11.1. The fourth-order valence-electron chi connectivity index (χ4n) is 4.68. The van der Waals surface area contributed by atoms with Gasteiger partial charge in [0.05, 0.1) is 29.9 Å². The summed E-state index contributed by atoms with van der Waals surface area (Å²) in [6.07, 6.45) is 5.43. The summed E-state index contributed by atoms with van der Waals surface area (Å²) >= 11 is 0. The van der Waals surface area contributed by atoms with E-state index in [4.69, 9.17) is 14.9 Å². The van der Waals surface area contributed by atoms with E-state index < -0.39 is 0 Å². The summed E-state index contributed by atoms with van der Waals surface area (Å²) in [5, 5.41) is 14.7. The van der Waals surface area contributed by atoms with Gasteiger partial charge in [0, 0.05) is 24.4 Å². The average Bonchev–Trinajstić information content (AvgIpc) is 3.49. The van der Waals surface area contributed by atoms with E-state index in [1.807, 2.05) is 64.9 Å². The Morgan fingerprint density at radius 1 is 1.03 bits per heavy atom. The summed E-state index contributed by atoms with van der Waals surface area (Å²) in [6.45, 7) is 3.28. The van der Waals surface area contributed by atoms with Gasteiger partial charge in [-0.05, 0) is 49.6 Å². The van der Waals surface area contributed by atoms with Crippen molar-refractivity contribution >= 4 is 10.9 Å². The standard InChI is InChI=1S/C25H24N6O2/c1-17-21(8-4-15-33-17)31-25(32)24-23(28-31)20-6-2-3-7-22(20)30(27-24)16-18-9-11-19(12-10-18)29-14-5-13-26-29/h2-3,5-7,9-14,17,21H,4,8,15-16H2,1H3/t17-,21-/m1/s1. The van der Waals surface area contributed by atoms with Gasteiger partial charge in [0.1, 0.15) is 5.69 Å². The van der Waals surface area contributed by atoms with E-state index in [-0.39, 0.29) is 17.7 Å². The molecule has 0 saturated carbocycles. The van der Waals surface area contributed by atoms with Gasteiger partial charge in [-0.3, -0.25) is 9.48 Å². The molecule has 1 saturated heterocycles. The molecular formula is C25H24N6O2. The van der Waals surface area contributed by atoms with Crippen molar-refractivity contribution in [3.05, 3.63) is 82.9 Å². The van der Waals surface area contributed by atoms with E-state index in [0.29, 0.717) is 17.9 Å². The summed E-state index contributed by atoms with van der Waals surface area (Å²) in [7, 11) is 0. The van der Waals surface area contributed by atoms with Gasteiger partial charge in [-0.1, -0.05) is 30.3 Å². The SMILES string of the molecule is C[C@H]1OCCC[C@H]1n1nc2c3ccccc3n(Cc3ccc(-n4cccn4)cc3)nc-2c1=O. The van der Waals surface area contributed by atoms with Crippen LogP contribution in [0.3, 0.4) is 0 Å². The van der Waals surface area contributed by atoms with Crippen LogP contribution in [-0.2, 0) is 11.3 Å². The highest BCUT2D eigenvalue weighted by molar-refractivity contribution is 5.92. The van der Waals surface area contributed by atoms with Gasteiger partial charge >= 0.3 is 0 Å². The maximum atomic E-state index is 13.4. The molecule has 0 aliphatic carbocycles. The number of nitrogens with zero attached hydrogens (tertiary/aromatic N) is 6. The normalized spacial score (nSPS) is 18.8. The fourth-order valence-corrected chi connectivity index (χ4v) is 4.68. The lowest BCUT2D eigenvalue weighted by molar-refractivity contribution is -0.0134. The highest BCUT2D eigenvalue weighted by Crippen LogP contribution is 2.29. The van der Waals surface area contributed by atoms with Crippen LogP contribution in [0.5, 0.6) is 0 Å². The predicted molar refractivity (Wildman–Crippen MR) is 125 cm³/mol. The minimum atomic E-state index is -0.152. The zero-order chi connectivity index (χ0) is 22.4. The molecular weight excluding hydrogens is 416 g/mol. The zero-order valence-corrected chi connectivity index (χ0v) is 18.3. The van der Waals surface area contributed by atoms with Gasteiger partial charge in [0.2, 0.25) is 0 Å². The molecule has 8 heteroatoms. The van der Waals surface area contributed by atoms with Crippen molar-refractivity contribution < 1.29 is 4.74 Å². The Bertz CT molecular complexity index is 1430. The Morgan fingerprint density at radius 3 is 2.67 bits per heavy atom. The van der Waals surface area contributed by atoms with Gasteiger partial charge in [0.15, 0.2) is 5.69 Å². The Kier molecular flexibility index (Phi) is 4.80. The van der Waals surface area contributed by atoms with E-state index in [0.717, 1.165) is 41.6 Å². The number of para-hydroxylation sites is 1.